The zero-order valence-corrected chi connectivity index (χ0v) is 25.1. The topological polar surface area (TPSA) is 63.0 Å². The van der Waals surface area contributed by atoms with E-state index in [1.165, 1.54) is 39.5 Å². The van der Waals surface area contributed by atoms with E-state index >= 15 is 0 Å². The second kappa shape index (κ2) is 12.7. The van der Waals surface area contributed by atoms with Crippen LogP contribution in [0.4, 0.5) is 0 Å². The van der Waals surface area contributed by atoms with Crippen molar-refractivity contribution >= 4 is 40.0 Å². The number of para-hydroxylation sites is 1. The summed E-state index contributed by atoms with van der Waals surface area (Å²) >= 11 is 12.3. The fourth-order valence-electron chi connectivity index (χ4n) is 6.09. The summed E-state index contributed by atoms with van der Waals surface area (Å²) in [5.74, 6) is -0.0896. The fraction of sp³-hybridized carbons (Fsp3) is 0.265. The van der Waals surface area contributed by atoms with Crippen molar-refractivity contribution in [3.05, 3.63) is 130 Å². The zero-order chi connectivity index (χ0) is 29.1. The first-order valence-corrected chi connectivity index (χ1v) is 15.2. The molecule has 3 heterocycles. The molecular weight excluding hydrogens is 565 g/mol. The maximum atomic E-state index is 12.9. The molecule has 0 spiro atoms. The summed E-state index contributed by atoms with van der Waals surface area (Å²) in [5, 5.41) is 4.56. The van der Waals surface area contributed by atoms with E-state index in [-0.39, 0.29) is 17.8 Å². The van der Waals surface area contributed by atoms with E-state index in [4.69, 9.17) is 28.2 Å². The fourth-order valence-corrected chi connectivity index (χ4v) is 6.55. The summed E-state index contributed by atoms with van der Waals surface area (Å²) in [5.41, 5.74) is 8.34. The molecule has 1 unspecified atom stereocenters. The number of aryl methyl sites for hydroxylation is 2. The highest BCUT2D eigenvalue weighted by atomic mass is 35.5. The molecule has 0 saturated heterocycles. The summed E-state index contributed by atoms with van der Waals surface area (Å²) in [7, 11) is 2.12. The molecule has 6 nitrogen and oxygen atoms in total. The van der Waals surface area contributed by atoms with Crippen LogP contribution in [0, 0.1) is 0 Å². The van der Waals surface area contributed by atoms with Crippen LogP contribution in [0.15, 0.2) is 85.5 Å². The van der Waals surface area contributed by atoms with E-state index in [1.807, 2.05) is 12.3 Å². The van der Waals surface area contributed by atoms with Gasteiger partial charge in [-0.1, -0.05) is 60.1 Å². The van der Waals surface area contributed by atoms with Crippen LogP contribution in [0.25, 0.3) is 10.9 Å². The number of hydrogen-bond acceptors (Lipinski definition) is 4. The lowest BCUT2D eigenvalue weighted by molar-refractivity contribution is 0.0950. The average molecular weight is 599 g/mol. The van der Waals surface area contributed by atoms with E-state index in [1.54, 1.807) is 6.20 Å². The normalized spacial score (nSPS) is 14.7. The summed E-state index contributed by atoms with van der Waals surface area (Å²) in [6.07, 6.45) is 10.5. The molecule has 0 saturated carbocycles. The third kappa shape index (κ3) is 5.93. The highest BCUT2D eigenvalue weighted by Crippen LogP contribution is 2.36. The van der Waals surface area contributed by atoms with Crippen molar-refractivity contribution in [1.29, 1.82) is 0 Å². The molecule has 1 atom stereocenters. The lowest BCUT2D eigenvalue weighted by Gasteiger charge is -2.35. The van der Waals surface area contributed by atoms with Crippen LogP contribution in [0.5, 0.6) is 0 Å². The van der Waals surface area contributed by atoms with Gasteiger partial charge in [0.2, 0.25) is 0 Å². The number of benzene rings is 2. The molecular formula is C34H33Cl2N5O. The number of carbonyl (C=O) groups is 1. The Bertz CT molecular complexity index is 1720. The maximum Gasteiger partial charge on any atom is 0.253 e. The Morgan fingerprint density at radius 1 is 1.02 bits per heavy atom. The van der Waals surface area contributed by atoms with Gasteiger partial charge in [-0.15, -0.1) is 11.6 Å². The smallest absolute Gasteiger partial charge is 0.253 e. The Balaban J connectivity index is 1.22. The lowest BCUT2D eigenvalue weighted by Crippen LogP contribution is -2.31. The number of alkyl halides is 1. The number of pyridine rings is 2. The van der Waals surface area contributed by atoms with Gasteiger partial charge in [0.25, 0.3) is 5.91 Å². The van der Waals surface area contributed by atoms with Crippen molar-refractivity contribution in [2.45, 2.75) is 50.8 Å². The van der Waals surface area contributed by atoms with Gasteiger partial charge in [-0.25, -0.2) is 0 Å². The molecule has 0 fully saturated rings. The summed E-state index contributed by atoms with van der Waals surface area (Å²) in [6, 6.07) is 21.6. The second-order valence-corrected chi connectivity index (χ2v) is 11.6. The van der Waals surface area contributed by atoms with Crippen LogP contribution in [0.1, 0.15) is 62.8 Å². The number of amides is 1. The highest BCUT2D eigenvalue weighted by Gasteiger charge is 2.28. The average Bonchev–Trinajstić information content (AvgIpc) is 3.34. The van der Waals surface area contributed by atoms with Crippen LogP contribution >= 0.6 is 23.2 Å². The van der Waals surface area contributed by atoms with Gasteiger partial charge in [-0.05, 0) is 59.2 Å². The summed E-state index contributed by atoms with van der Waals surface area (Å²) < 4.78 is 2.22. The molecule has 0 bridgehead atoms. The largest absolute Gasteiger partial charge is 0.350 e. The first-order chi connectivity index (χ1) is 20.5. The van der Waals surface area contributed by atoms with Gasteiger partial charge in [0, 0.05) is 68.3 Å². The van der Waals surface area contributed by atoms with Crippen LogP contribution in [-0.4, -0.2) is 25.3 Å². The third-order valence-electron chi connectivity index (χ3n) is 8.17. The predicted molar refractivity (Wildman–Crippen MR) is 168 cm³/mol. The number of halogens is 2. The Hall–Kier alpha value is -3.71. The van der Waals surface area contributed by atoms with E-state index < -0.39 is 0 Å². The number of hydrogen-bond donors (Lipinski definition) is 1. The van der Waals surface area contributed by atoms with Gasteiger partial charge in [-0.3, -0.25) is 19.7 Å². The molecule has 0 aliphatic heterocycles. The van der Waals surface area contributed by atoms with Gasteiger partial charge in [0.1, 0.15) is 0 Å². The number of nitrogens with one attached hydrogen (secondary N) is 1. The number of nitrogens with zero attached hydrogens (tertiary/aromatic N) is 4. The van der Waals surface area contributed by atoms with Gasteiger partial charge in [0.15, 0.2) is 0 Å². The predicted octanol–water partition coefficient (Wildman–Crippen LogP) is 7.37. The van der Waals surface area contributed by atoms with E-state index in [0.717, 1.165) is 37.9 Å². The van der Waals surface area contributed by atoms with Crippen LogP contribution in [0.2, 0.25) is 5.02 Å². The van der Waals surface area contributed by atoms with Gasteiger partial charge in [0.05, 0.1) is 22.3 Å². The SMILES string of the molecule is Cn1cc(CN(Cc2ccc(CNC(=O)c3c(Cl)cncc3CCl)cc2)C2CCCc3cccnc32)c2ccccc21. The van der Waals surface area contributed by atoms with Crippen molar-refractivity contribution < 1.29 is 4.79 Å². The van der Waals surface area contributed by atoms with Crippen LogP contribution in [0.3, 0.4) is 0 Å². The molecule has 1 aliphatic rings. The van der Waals surface area contributed by atoms with Crippen molar-refractivity contribution in [1.82, 2.24) is 24.8 Å². The number of fused-ring (bicyclic) bond motifs is 2. The minimum absolute atomic E-state index is 0.168. The molecule has 1 amide bonds. The number of rotatable bonds is 9. The van der Waals surface area contributed by atoms with Crippen LogP contribution in [-0.2, 0) is 39.0 Å². The van der Waals surface area contributed by atoms with Gasteiger partial charge >= 0.3 is 0 Å². The molecule has 0 radical (unpaired) electrons. The third-order valence-corrected chi connectivity index (χ3v) is 8.74. The minimum atomic E-state index is -0.258. The molecule has 8 heteroatoms. The number of aromatic nitrogens is 3. The van der Waals surface area contributed by atoms with E-state index in [9.17, 15) is 4.79 Å². The lowest BCUT2D eigenvalue weighted by atomic mass is 9.90. The molecule has 2 aromatic carbocycles. The summed E-state index contributed by atoms with van der Waals surface area (Å²) in [4.78, 5) is 24.3. The minimum Gasteiger partial charge on any atom is -0.350 e. The van der Waals surface area contributed by atoms with Crippen molar-refractivity contribution in [3.8, 4) is 0 Å². The van der Waals surface area contributed by atoms with E-state index in [2.05, 4.69) is 87.6 Å². The molecule has 3 aromatic heterocycles. The van der Waals surface area contributed by atoms with Gasteiger partial charge in [-0.2, -0.15) is 0 Å². The second-order valence-electron chi connectivity index (χ2n) is 10.9. The Morgan fingerprint density at radius 2 is 1.83 bits per heavy atom. The Labute approximate surface area is 256 Å². The molecule has 6 rings (SSSR count). The standard InChI is InChI=1S/C34H33Cl2N5O/c1-40-21-27(28-8-2-3-9-30(28)40)22-41(31-10-4-6-25-7-5-15-38-33(25)31)20-24-13-11-23(12-14-24)17-39-34(42)32-26(16-35)18-37-19-29(32)36/h2-3,5,7-9,11-15,18-19,21,31H,4,6,10,16-17,20,22H2,1H3,(H,39,42). The Morgan fingerprint density at radius 3 is 2.67 bits per heavy atom. The monoisotopic (exact) mass is 597 g/mol. The molecule has 42 heavy (non-hydrogen) atoms. The quantitative estimate of drug-likeness (QED) is 0.180. The van der Waals surface area contributed by atoms with E-state index in [0.29, 0.717) is 22.7 Å². The molecule has 5 aromatic rings. The van der Waals surface area contributed by atoms with Gasteiger partial charge < -0.3 is 9.88 Å². The van der Waals surface area contributed by atoms with Crippen molar-refractivity contribution in [2.75, 3.05) is 0 Å². The molecule has 1 aliphatic carbocycles. The first-order valence-electron chi connectivity index (χ1n) is 14.3. The highest BCUT2D eigenvalue weighted by molar-refractivity contribution is 6.34. The van der Waals surface area contributed by atoms with Crippen LogP contribution < -0.4 is 5.32 Å². The first kappa shape index (κ1) is 28.4. The van der Waals surface area contributed by atoms with Crippen molar-refractivity contribution in [2.24, 2.45) is 7.05 Å². The molecule has 1 N–H and O–H groups in total. The molecule has 214 valence electrons. The summed E-state index contributed by atoms with van der Waals surface area (Å²) in [6.45, 7) is 2.01. The Kier molecular flexibility index (Phi) is 8.56. The van der Waals surface area contributed by atoms with Crippen molar-refractivity contribution in [3.63, 3.8) is 0 Å². The zero-order valence-electron chi connectivity index (χ0n) is 23.6. The number of carbonyl (C=O) groups excluding carboxylic acids is 1. The maximum absolute atomic E-state index is 12.9.